The van der Waals surface area contributed by atoms with Crippen LogP contribution in [0.1, 0.15) is 0 Å². The summed E-state index contributed by atoms with van der Waals surface area (Å²) < 4.78 is 43.9. The normalized spacial score (nSPS) is 11.6. The summed E-state index contributed by atoms with van der Waals surface area (Å²) in [6, 6.07) is 2.68. The fraction of sp³-hybridized carbons (Fsp3) is 0.364. The Bertz CT molecular complexity index is 641. The molecule has 0 saturated heterocycles. The minimum atomic E-state index is -2.50. The third-order valence-electron chi connectivity index (χ3n) is 2.52. The van der Waals surface area contributed by atoms with Crippen LogP contribution in [-0.4, -0.2) is 29.2 Å². The van der Waals surface area contributed by atoms with Crippen LogP contribution in [0.25, 0.3) is 11.0 Å². The highest BCUT2D eigenvalue weighted by Crippen LogP contribution is 2.22. The van der Waals surface area contributed by atoms with Crippen LogP contribution in [0, 0.1) is 10.6 Å². The number of benzene rings is 1. The molecule has 0 saturated carbocycles. The quantitative estimate of drug-likeness (QED) is 0.673. The van der Waals surface area contributed by atoms with E-state index in [2.05, 4.69) is 4.98 Å². The number of halogens is 4. The zero-order chi connectivity index (χ0) is 14.0. The molecule has 8 heteroatoms. The van der Waals surface area contributed by atoms with Crippen molar-refractivity contribution >= 4 is 34.9 Å². The number of ether oxygens (including phenoxy) is 1. The van der Waals surface area contributed by atoms with Gasteiger partial charge in [0, 0.05) is 12.6 Å². The molecule has 1 heterocycles. The maximum Gasteiger partial charge on any atom is 0.261 e. The van der Waals surface area contributed by atoms with Crippen molar-refractivity contribution in [1.82, 2.24) is 9.55 Å². The highest BCUT2D eigenvalue weighted by atomic mass is 35.5. The lowest BCUT2D eigenvalue weighted by Gasteiger charge is -2.06. The minimum Gasteiger partial charge on any atom is -0.374 e. The van der Waals surface area contributed by atoms with Gasteiger partial charge in [0.05, 0.1) is 22.7 Å². The molecule has 0 aliphatic rings. The van der Waals surface area contributed by atoms with Crippen molar-refractivity contribution in [2.24, 2.45) is 0 Å². The molecule has 2 aromatic rings. The number of hydrogen-bond donors (Lipinski definition) is 1. The van der Waals surface area contributed by atoms with Crippen LogP contribution in [0.2, 0.25) is 5.02 Å². The van der Waals surface area contributed by atoms with Crippen molar-refractivity contribution in [3.05, 3.63) is 27.7 Å². The molecule has 0 fully saturated rings. The molecule has 0 bridgehead atoms. The Morgan fingerprint density at radius 1 is 1.42 bits per heavy atom. The van der Waals surface area contributed by atoms with E-state index in [9.17, 15) is 13.2 Å². The van der Waals surface area contributed by atoms with Crippen LogP contribution in [0.15, 0.2) is 12.1 Å². The monoisotopic (exact) mass is 310 g/mol. The molecule has 2 rings (SSSR count). The number of alkyl halides is 2. The fourth-order valence-corrected chi connectivity index (χ4v) is 2.16. The van der Waals surface area contributed by atoms with E-state index in [1.165, 1.54) is 12.1 Å². The van der Waals surface area contributed by atoms with Gasteiger partial charge >= 0.3 is 0 Å². The second kappa shape index (κ2) is 5.94. The summed E-state index contributed by atoms with van der Waals surface area (Å²) in [6.07, 6.45) is -2.50. The third kappa shape index (κ3) is 3.29. The number of imidazole rings is 1. The molecular weight excluding hydrogens is 301 g/mol. The van der Waals surface area contributed by atoms with Crippen LogP contribution in [0.5, 0.6) is 0 Å². The van der Waals surface area contributed by atoms with Crippen molar-refractivity contribution in [1.29, 1.82) is 0 Å². The number of rotatable bonds is 5. The molecule has 0 atom stereocenters. The SMILES string of the molecule is Fc1cc2[nH]c(=S)n(CCOCC(F)F)c2cc1Cl. The van der Waals surface area contributed by atoms with E-state index in [0.29, 0.717) is 15.8 Å². The Balaban J connectivity index is 2.20. The molecule has 0 aliphatic carbocycles. The molecule has 104 valence electrons. The second-order valence-corrected chi connectivity index (χ2v) is 4.63. The van der Waals surface area contributed by atoms with E-state index in [1.54, 1.807) is 4.57 Å². The smallest absolute Gasteiger partial charge is 0.261 e. The highest BCUT2D eigenvalue weighted by Gasteiger charge is 2.09. The number of fused-ring (bicyclic) bond motifs is 1. The van der Waals surface area contributed by atoms with Gasteiger partial charge in [-0.2, -0.15) is 0 Å². The number of aromatic nitrogens is 2. The first-order valence-electron chi connectivity index (χ1n) is 5.42. The second-order valence-electron chi connectivity index (χ2n) is 3.83. The molecule has 1 N–H and O–H groups in total. The predicted octanol–water partition coefficient (Wildman–Crippen LogP) is 3.77. The lowest BCUT2D eigenvalue weighted by Crippen LogP contribution is -2.10. The highest BCUT2D eigenvalue weighted by molar-refractivity contribution is 7.71. The Labute approximate surface area is 116 Å². The first kappa shape index (κ1) is 14.4. The summed E-state index contributed by atoms with van der Waals surface area (Å²) in [5, 5.41) is -0.0243. The molecule has 0 aliphatic heterocycles. The van der Waals surface area contributed by atoms with Gasteiger partial charge in [-0.1, -0.05) is 11.6 Å². The first-order valence-corrected chi connectivity index (χ1v) is 6.21. The molecule has 0 spiro atoms. The lowest BCUT2D eigenvalue weighted by molar-refractivity contribution is 0.0149. The molecular formula is C11H10ClF3N2OS. The Hall–Kier alpha value is -1.05. The summed E-state index contributed by atoms with van der Waals surface area (Å²) in [6.45, 7) is -0.251. The minimum absolute atomic E-state index is 0.0243. The van der Waals surface area contributed by atoms with E-state index in [4.69, 9.17) is 28.6 Å². The number of nitrogens with zero attached hydrogens (tertiary/aromatic N) is 1. The lowest BCUT2D eigenvalue weighted by atomic mass is 10.3. The van der Waals surface area contributed by atoms with Gasteiger partial charge in [-0.15, -0.1) is 0 Å². The average Bonchev–Trinajstić information content (AvgIpc) is 2.61. The molecule has 19 heavy (non-hydrogen) atoms. The van der Waals surface area contributed by atoms with E-state index in [1.807, 2.05) is 0 Å². The predicted molar refractivity (Wildman–Crippen MR) is 68.9 cm³/mol. The van der Waals surface area contributed by atoms with E-state index >= 15 is 0 Å². The average molecular weight is 311 g/mol. The largest absolute Gasteiger partial charge is 0.374 e. The number of hydrogen-bond acceptors (Lipinski definition) is 2. The van der Waals surface area contributed by atoms with Crippen molar-refractivity contribution < 1.29 is 17.9 Å². The summed E-state index contributed by atoms with van der Waals surface area (Å²) in [7, 11) is 0. The van der Waals surface area contributed by atoms with Crippen LogP contribution in [0.4, 0.5) is 13.2 Å². The standard InChI is InChI=1S/C11H10ClF3N2OS/c12-6-3-9-8(4-7(6)13)16-11(19)17(9)1-2-18-5-10(14)15/h3-4,10H,1-2,5H2,(H,16,19). The van der Waals surface area contributed by atoms with Crippen molar-refractivity contribution in [2.45, 2.75) is 13.0 Å². The zero-order valence-corrected chi connectivity index (χ0v) is 11.2. The van der Waals surface area contributed by atoms with Gasteiger partial charge < -0.3 is 14.3 Å². The van der Waals surface area contributed by atoms with Crippen LogP contribution in [-0.2, 0) is 11.3 Å². The van der Waals surface area contributed by atoms with E-state index < -0.39 is 18.8 Å². The van der Waals surface area contributed by atoms with Gasteiger partial charge in [-0.25, -0.2) is 13.2 Å². The van der Waals surface area contributed by atoms with Gasteiger partial charge in [-0.3, -0.25) is 0 Å². The van der Waals surface area contributed by atoms with Crippen LogP contribution < -0.4 is 0 Å². The number of aromatic amines is 1. The number of H-pyrrole nitrogens is 1. The maximum absolute atomic E-state index is 13.3. The van der Waals surface area contributed by atoms with Crippen molar-refractivity contribution in [2.75, 3.05) is 13.2 Å². The van der Waals surface area contributed by atoms with Gasteiger partial charge in [0.15, 0.2) is 4.77 Å². The zero-order valence-electron chi connectivity index (χ0n) is 9.63. The summed E-state index contributed by atoms with van der Waals surface area (Å²) in [5.41, 5.74) is 1.11. The van der Waals surface area contributed by atoms with Gasteiger partial charge in [-0.05, 0) is 18.3 Å². The summed E-state index contributed by atoms with van der Waals surface area (Å²) in [5.74, 6) is -0.550. The Morgan fingerprint density at radius 2 is 2.16 bits per heavy atom. The summed E-state index contributed by atoms with van der Waals surface area (Å²) >= 11 is 10.8. The molecule has 1 aromatic carbocycles. The van der Waals surface area contributed by atoms with E-state index in [0.717, 1.165) is 0 Å². The number of nitrogens with one attached hydrogen (secondary N) is 1. The van der Waals surface area contributed by atoms with Crippen LogP contribution >= 0.6 is 23.8 Å². The molecule has 0 unspecified atom stereocenters. The fourth-order valence-electron chi connectivity index (χ4n) is 1.70. The summed E-state index contributed by atoms with van der Waals surface area (Å²) in [4.78, 5) is 2.82. The Morgan fingerprint density at radius 3 is 2.84 bits per heavy atom. The van der Waals surface area contributed by atoms with Gasteiger partial charge in [0.1, 0.15) is 12.4 Å². The maximum atomic E-state index is 13.3. The van der Waals surface area contributed by atoms with Crippen LogP contribution in [0.3, 0.4) is 0 Å². The van der Waals surface area contributed by atoms with Gasteiger partial charge in [0.25, 0.3) is 6.43 Å². The van der Waals surface area contributed by atoms with Gasteiger partial charge in [0.2, 0.25) is 0 Å². The molecule has 0 amide bonds. The third-order valence-corrected chi connectivity index (χ3v) is 3.13. The van der Waals surface area contributed by atoms with E-state index in [-0.39, 0.29) is 18.2 Å². The first-order chi connectivity index (χ1) is 8.99. The Kier molecular flexibility index (Phi) is 4.49. The topological polar surface area (TPSA) is 29.9 Å². The van der Waals surface area contributed by atoms with Crippen molar-refractivity contribution in [3.63, 3.8) is 0 Å². The molecule has 0 radical (unpaired) electrons. The molecule has 3 nitrogen and oxygen atoms in total. The van der Waals surface area contributed by atoms with Crippen molar-refractivity contribution in [3.8, 4) is 0 Å². The molecule has 1 aromatic heterocycles.